The zero-order valence-electron chi connectivity index (χ0n) is 8.07. The van der Waals surface area contributed by atoms with Crippen LogP contribution in [0.25, 0.3) is 20.8 Å². The summed E-state index contributed by atoms with van der Waals surface area (Å²) < 4.78 is 2.16. The smallest absolute Gasteiger partial charge is 0.129 e. The van der Waals surface area contributed by atoms with Crippen LogP contribution in [-0.4, -0.2) is 15.2 Å². The maximum Gasteiger partial charge on any atom is 0.129 e. The zero-order chi connectivity index (χ0) is 11.1. The van der Waals surface area contributed by atoms with E-state index in [9.17, 15) is 0 Å². The summed E-state index contributed by atoms with van der Waals surface area (Å²) >= 11 is 5.03. The Balaban J connectivity index is 2.23. The molecule has 0 bridgehead atoms. The summed E-state index contributed by atoms with van der Waals surface area (Å²) in [6.07, 6.45) is 1.70. The molecule has 1 aromatic carbocycles. The highest BCUT2D eigenvalue weighted by molar-refractivity contribution is 9.10. The number of nitrogens with one attached hydrogen (secondary N) is 1. The van der Waals surface area contributed by atoms with Crippen LogP contribution in [0, 0.1) is 0 Å². The Hall–Kier alpha value is -1.40. The van der Waals surface area contributed by atoms with Gasteiger partial charge in [0.25, 0.3) is 0 Å². The molecule has 0 amide bonds. The molecule has 3 N–H and O–H groups in total. The van der Waals surface area contributed by atoms with Gasteiger partial charge in [0.15, 0.2) is 0 Å². The fraction of sp³-hybridized carbons (Fsp3) is 0. The number of hydrogen-bond donors (Lipinski definition) is 2. The molecule has 0 aliphatic heterocycles. The van der Waals surface area contributed by atoms with Gasteiger partial charge in [-0.15, -0.1) is 11.3 Å². The van der Waals surface area contributed by atoms with Crippen molar-refractivity contribution in [3.8, 4) is 10.6 Å². The van der Waals surface area contributed by atoms with Crippen LogP contribution in [0.4, 0.5) is 5.82 Å². The second kappa shape index (κ2) is 3.57. The molecule has 16 heavy (non-hydrogen) atoms. The minimum atomic E-state index is 0.554. The van der Waals surface area contributed by atoms with Crippen LogP contribution < -0.4 is 5.73 Å². The predicted octanol–water partition coefficient (Wildman–Crippen LogP) is 3.03. The van der Waals surface area contributed by atoms with Crippen LogP contribution in [0.15, 0.2) is 28.9 Å². The molecule has 80 valence electrons. The number of rotatable bonds is 1. The summed E-state index contributed by atoms with van der Waals surface area (Å²) in [4.78, 5) is 4.53. The summed E-state index contributed by atoms with van der Waals surface area (Å²) in [5, 5.41) is 7.49. The molecule has 0 radical (unpaired) electrons. The molecule has 0 aliphatic carbocycles. The molecule has 4 nitrogen and oxygen atoms in total. The highest BCUT2D eigenvalue weighted by Gasteiger charge is 2.10. The minimum absolute atomic E-state index is 0.554. The predicted molar refractivity (Wildman–Crippen MR) is 69.3 cm³/mol. The fourth-order valence-electron chi connectivity index (χ4n) is 1.48. The van der Waals surface area contributed by atoms with Crippen LogP contribution in [0.5, 0.6) is 0 Å². The molecule has 0 saturated carbocycles. The summed E-state index contributed by atoms with van der Waals surface area (Å²) in [6.45, 7) is 0. The van der Waals surface area contributed by atoms with E-state index in [1.807, 2.05) is 18.2 Å². The summed E-state index contributed by atoms with van der Waals surface area (Å²) in [5.41, 5.74) is 7.59. The van der Waals surface area contributed by atoms with E-state index in [0.29, 0.717) is 5.82 Å². The Bertz CT molecular complexity index is 658. The van der Waals surface area contributed by atoms with Crippen molar-refractivity contribution >= 4 is 43.3 Å². The van der Waals surface area contributed by atoms with Gasteiger partial charge in [-0.25, -0.2) is 4.98 Å². The fourth-order valence-corrected chi connectivity index (χ4v) is 2.80. The number of thiazole rings is 1. The number of nitrogens with zero attached hydrogens (tertiary/aromatic N) is 2. The molecular formula is C10H7BrN4S. The van der Waals surface area contributed by atoms with Crippen molar-refractivity contribution in [3.63, 3.8) is 0 Å². The third kappa shape index (κ3) is 1.50. The monoisotopic (exact) mass is 294 g/mol. The molecule has 3 aromatic rings. The summed E-state index contributed by atoms with van der Waals surface area (Å²) in [5.74, 6) is 0.554. The van der Waals surface area contributed by atoms with Gasteiger partial charge in [0.2, 0.25) is 0 Å². The van der Waals surface area contributed by atoms with Crippen molar-refractivity contribution in [2.75, 3.05) is 5.73 Å². The van der Waals surface area contributed by atoms with Crippen molar-refractivity contribution in [3.05, 3.63) is 28.9 Å². The Morgan fingerprint density at radius 2 is 2.25 bits per heavy atom. The topological polar surface area (TPSA) is 67.6 Å². The largest absolute Gasteiger partial charge is 0.383 e. The SMILES string of the molecule is Nc1[nH]ncc1-c1nc2cc(Br)ccc2s1. The van der Waals surface area contributed by atoms with E-state index < -0.39 is 0 Å². The van der Waals surface area contributed by atoms with Gasteiger partial charge in [0, 0.05) is 4.47 Å². The third-order valence-corrected chi connectivity index (χ3v) is 3.81. The number of nitrogens with two attached hydrogens (primary N) is 1. The number of benzene rings is 1. The number of aromatic nitrogens is 3. The molecule has 0 aliphatic rings. The van der Waals surface area contributed by atoms with E-state index in [1.54, 1.807) is 17.5 Å². The van der Waals surface area contributed by atoms with E-state index in [4.69, 9.17) is 5.73 Å². The first-order valence-electron chi connectivity index (χ1n) is 4.59. The lowest BCUT2D eigenvalue weighted by molar-refractivity contribution is 1.10. The van der Waals surface area contributed by atoms with Crippen molar-refractivity contribution < 1.29 is 0 Å². The number of anilines is 1. The number of H-pyrrole nitrogens is 1. The lowest BCUT2D eigenvalue weighted by Gasteiger charge is -1.89. The maximum atomic E-state index is 5.76. The van der Waals surface area contributed by atoms with E-state index in [2.05, 4.69) is 31.1 Å². The molecule has 3 rings (SSSR count). The van der Waals surface area contributed by atoms with Crippen LogP contribution in [0.3, 0.4) is 0 Å². The number of halogens is 1. The van der Waals surface area contributed by atoms with Gasteiger partial charge in [0.1, 0.15) is 10.8 Å². The van der Waals surface area contributed by atoms with E-state index in [1.165, 1.54) is 0 Å². The molecule has 6 heteroatoms. The van der Waals surface area contributed by atoms with Gasteiger partial charge in [0.05, 0.1) is 22.0 Å². The highest BCUT2D eigenvalue weighted by atomic mass is 79.9. The highest BCUT2D eigenvalue weighted by Crippen LogP contribution is 2.33. The first kappa shape index (κ1) is 9.80. The molecule has 2 aromatic heterocycles. The van der Waals surface area contributed by atoms with Gasteiger partial charge in [-0.1, -0.05) is 15.9 Å². The van der Waals surface area contributed by atoms with Crippen LogP contribution in [0.2, 0.25) is 0 Å². The molecule has 0 unspecified atom stereocenters. The molecule has 0 saturated heterocycles. The first-order chi connectivity index (χ1) is 7.74. The normalized spacial score (nSPS) is 11.1. The van der Waals surface area contributed by atoms with Crippen molar-refractivity contribution in [2.24, 2.45) is 0 Å². The first-order valence-corrected chi connectivity index (χ1v) is 6.20. The Morgan fingerprint density at radius 1 is 1.38 bits per heavy atom. The second-order valence-electron chi connectivity index (χ2n) is 3.33. The minimum Gasteiger partial charge on any atom is -0.383 e. The van der Waals surface area contributed by atoms with Gasteiger partial charge in [-0.05, 0) is 18.2 Å². The van der Waals surface area contributed by atoms with Gasteiger partial charge in [-0.2, -0.15) is 5.10 Å². The maximum absolute atomic E-state index is 5.76. The number of nitrogen functional groups attached to an aromatic ring is 1. The third-order valence-electron chi connectivity index (χ3n) is 2.25. The Morgan fingerprint density at radius 3 is 3.00 bits per heavy atom. The summed E-state index contributed by atoms with van der Waals surface area (Å²) in [7, 11) is 0. The molecule has 0 fully saturated rings. The Labute approximate surface area is 104 Å². The summed E-state index contributed by atoms with van der Waals surface area (Å²) in [6, 6.07) is 6.03. The lowest BCUT2D eigenvalue weighted by atomic mass is 10.3. The van der Waals surface area contributed by atoms with Gasteiger partial charge in [-0.3, -0.25) is 5.10 Å². The van der Waals surface area contributed by atoms with E-state index >= 15 is 0 Å². The van der Waals surface area contributed by atoms with Crippen LogP contribution in [0.1, 0.15) is 0 Å². The standard InChI is InChI=1S/C10H7BrN4S/c11-5-1-2-8-7(3-5)14-10(16-8)6-4-13-15-9(6)12/h1-4H,(H3,12,13,15). The van der Waals surface area contributed by atoms with Crippen molar-refractivity contribution in [2.45, 2.75) is 0 Å². The average Bonchev–Trinajstić information content (AvgIpc) is 2.82. The Kier molecular flexibility index (Phi) is 2.19. The number of hydrogen-bond acceptors (Lipinski definition) is 4. The lowest BCUT2D eigenvalue weighted by Crippen LogP contribution is -1.86. The zero-order valence-corrected chi connectivity index (χ0v) is 10.5. The number of fused-ring (bicyclic) bond motifs is 1. The van der Waals surface area contributed by atoms with Crippen molar-refractivity contribution in [1.29, 1.82) is 0 Å². The van der Waals surface area contributed by atoms with Gasteiger partial charge >= 0.3 is 0 Å². The quantitative estimate of drug-likeness (QED) is 0.725. The van der Waals surface area contributed by atoms with E-state index in [-0.39, 0.29) is 0 Å². The molecule has 2 heterocycles. The average molecular weight is 295 g/mol. The van der Waals surface area contributed by atoms with E-state index in [0.717, 1.165) is 25.3 Å². The molecule has 0 spiro atoms. The second-order valence-corrected chi connectivity index (χ2v) is 5.27. The van der Waals surface area contributed by atoms with Crippen LogP contribution >= 0.6 is 27.3 Å². The molecule has 0 atom stereocenters. The molecular weight excluding hydrogens is 288 g/mol. The number of aromatic amines is 1. The van der Waals surface area contributed by atoms with Gasteiger partial charge < -0.3 is 5.73 Å². The van der Waals surface area contributed by atoms with Crippen molar-refractivity contribution in [1.82, 2.24) is 15.2 Å². The van der Waals surface area contributed by atoms with Crippen LogP contribution in [-0.2, 0) is 0 Å².